The molecule has 0 atom stereocenters. The van der Waals surface area contributed by atoms with Gasteiger partial charge in [0.1, 0.15) is 5.60 Å². The largest absolute Gasteiger partial charge is 0.528 e. The molecule has 0 amide bonds. The Balaban J connectivity index is 1.35. The summed E-state index contributed by atoms with van der Waals surface area (Å²) in [6.07, 6.45) is 8.32. The second-order valence-electron chi connectivity index (χ2n) is 9.08. The van der Waals surface area contributed by atoms with Crippen LogP contribution in [0.2, 0.25) is 0 Å². The Kier molecular flexibility index (Phi) is 6.71. The van der Waals surface area contributed by atoms with E-state index in [2.05, 4.69) is 15.1 Å². The minimum Gasteiger partial charge on any atom is -0.427 e. The van der Waals surface area contributed by atoms with Crippen molar-refractivity contribution >= 4 is 6.16 Å². The molecule has 1 saturated heterocycles. The minimum absolute atomic E-state index is 0.0167. The topological polar surface area (TPSA) is 103 Å². The highest BCUT2D eigenvalue weighted by atomic mass is 16.8. The van der Waals surface area contributed by atoms with E-state index in [1.54, 1.807) is 17.5 Å². The van der Waals surface area contributed by atoms with Gasteiger partial charge < -0.3 is 14.7 Å². The summed E-state index contributed by atoms with van der Waals surface area (Å²) in [7, 11) is 0. The summed E-state index contributed by atoms with van der Waals surface area (Å²) < 4.78 is 7.17. The van der Waals surface area contributed by atoms with Gasteiger partial charge in [-0.3, -0.25) is 4.68 Å². The van der Waals surface area contributed by atoms with Gasteiger partial charge in [-0.25, -0.2) is 14.8 Å². The molecular formula is C24H29N5O4. The van der Waals surface area contributed by atoms with Crippen LogP contribution in [0.25, 0.3) is 22.5 Å². The molecule has 1 aliphatic heterocycles. The van der Waals surface area contributed by atoms with Crippen LogP contribution in [-0.2, 0) is 16.2 Å². The lowest BCUT2D eigenvalue weighted by Crippen LogP contribution is -2.38. The standard InChI is InChI=1S/C24H29N5O4/c1-24(2,3)32-23(31)33-28-9-7-21(8-10-28)29-15-20(14-27-29)19-12-25-22(26-13-19)18-6-4-5-17(11-18)16-30/h4-6,11-15,21,30H,7-10,16H2,1-3H3. The normalized spacial score (nSPS) is 15.4. The maximum absolute atomic E-state index is 11.9. The quantitative estimate of drug-likeness (QED) is 0.581. The van der Waals surface area contributed by atoms with E-state index in [9.17, 15) is 9.90 Å². The van der Waals surface area contributed by atoms with Crippen LogP contribution in [0.5, 0.6) is 0 Å². The first-order valence-corrected chi connectivity index (χ1v) is 11.0. The van der Waals surface area contributed by atoms with Gasteiger partial charge in [0, 0.05) is 48.4 Å². The number of piperidine rings is 1. The number of hydrogen-bond acceptors (Lipinski definition) is 8. The van der Waals surface area contributed by atoms with Gasteiger partial charge >= 0.3 is 6.16 Å². The molecule has 3 aromatic rings. The highest BCUT2D eigenvalue weighted by Gasteiger charge is 2.26. The van der Waals surface area contributed by atoms with Gasteiger partial charge in [0.2, 0.25) is 0 Å². The number of ether oxygens (including phenoxy) is 1. The van der Waals surface area contributed by atoms with E-state index in [0.717, 1.165) is 35.1 Å². The molecule has 2 aromatic heterocycles. The van der Waals surface area contributed by atoms with Crippen molar-refractivity contribution in [3.63, 3.8) is 0 Å². The molecule has 1 aromatic carbocycles. The van der Waals surface area contributed by atoms with Crippen LogP contribution in [0.1, 0.15) is 45.2 Å². The number of aliphatic hydroxyl groups is 1. The summed E-state index contributed by atoms with van der Waals surface area (Å²) >= 11 is 0. The third-order valence-corrected chi connectivity index (χ3v) is 5.35. The van der Waals surface area contributed by atoms with Crippen LogP contribution in [0.3, 0.4) is 0 Å². The zero-order valence-corrected chi connectivity index (χ0v) is 19.1. The van der Waals surface area contributed by atoms with E-state index in [1.165, 1.54) is 0 Å². The van der Waals surface area contributed by atoms with Crippen molar-refractivity contribution in [2.75, 3.05) is 13.1 Å². The zero-order valence-electron chi connectivity index (χ0n) is 19.1. The number of benzene rings is 1. The van der Waals surface area contributed by atoms with Crippen molar-refractivity contribution in [1.82, 2.24) is 24.8 Å². The van der Waals surface area contributed by atoms with E-state index in [0.29, 0.717) is 18.9 Å². The van der Waals surface area contributed by atoms with Gasteiger partial charge in [0.25, 0.3) is 0 Å². The summed E-state index contributed by atoms with van der Waals surface area (Å²) in [4.78, 5) is 26.1. The molecule has 0 radical (unpaired) electrons. The molecule has 0 bridgehead atoms. The molecule has 3 heterocycles. The van der Waals surface area contributed by atoms with Gasteiger partial charge in [-0.15, -0.1) is 5.06 Å². The van der Waals surface area contributed by atoms with Gasteiger partial charge in [-0.05, 0) is 45.2 Å². The molecule has 0 spiro atoms. The fraction of sp³-hybridized carbons (Fsp3) is 0.417. The van der Waals surface area contributed by atoms with Crippen LogP contribution < -0.4 is 0 Å². The Morgan fingerprint density at radius 1 is 1.09 bits per heavy atom. The summed E-state index contributed by atoms with van der Waals surface area (Å²) in [6, 6.07) is 7.77. The second kappa shape index (κ2) is 9.68. The van der Waals surface area contributed by atoms with Crippen molar-refractivity contribution in [3.8, 4) is 22.5 Å². The molecule has 33 heavy (non-hydrogen) atoms. The summed E-state index contributed by atoms with van der Waals surface area (Å²) in [6.45, 7) is 6.64. The average molecular weight is 452 g/mol. The van der Waals surface area contributed by atoms with Gasteiger partial charge in [0.05, 0.1) is 18.8 Å². The Morgan fingerprint density at radius 3 is 2.48 bits per heavy atom. The monoisotopic (exact) mass is 451 g/mol. The van der Waals surface area contributed by atoms with E-state index in [4.69, 9.17) is 9.57 Å². The van der Waals surface area contributed by atoms with Gasteiger partial charge in [-0.1, -0.05) is 18.2 Å². The lowest BCUT2D eigenvalue weighted by atomic mass is 10.1. The molecule has 1 fully saturated rings. The second-order valence-corrected chi connectivity index (χ2v) is 9.08. The van der Waals surface area contributed by atoms with Crippen molar-refractivity contribution < 1.29 is 19.5 Å². The van der Waals surface area contributed by atoms with Crippen LogP contribution in [0.4, 0.5) is 4.79 Å². The minimum atomic E-state index is -0.672. The highest BCUT2D eigenvalue weighted by Crippen LogP contribution is 2.26. The SMILES string of the molecule is CC(C)(C)OC(=O)ON1CCC(n2cc(-c3cnc(-c4cccc(CO)c4)nc3)cn2)CC1. The summed E-state index contributed by atoms with van der Waals surface area (Å²) in [5, 5.41) is 15.5. The smallest absolute Gasteiger partial charge is 0.427 e. The molecule has 174 valence electrons. The molecule has 4 rings (SSSR count). The number of aromatic nitrogens is 4. The first-order chi connectivity index (χ1) is 15.8. The van der Waals surface area contributed by atoms with E-state index in [-0.39, 0.29) is 12.6 Å². The van der Waals surface area contributed by atoms with Crippen molar-refractivity contribution in [2.45, 2.75) is 51.9 Å². The third-order valence-electron chi connectivity index (χ3n) is 5.35. The Labute approximate surface area is 192 Å². The van der Waals surface area contributed by atoms with E-state index in [1.807, 2.05) is 62.1 Å². The molecule has 0 unspecified atom stereocenters. The van der Waals surface area contributed by atoms with Crippen LogP contribution >= 0.6 is 0 Å². The Bertz CT molecular complexity index is 1080. The molecule has 1 N–H and O–H groups in total. The Morgan fingerprint density at radius 2 is 1.82 bits per heavy atom. The summed E-state index contributed by atoms with van der Waals surface area (Å²) in [5.41, 5.74) is 2.94. The number of carbonyl (C=O) groups excluding carboxylic acids is 1. The van der Waals surface area contributed by atoms with Crippen LogP contribution in [-0.4, -0.2) is 54.8 Å². The van der Waals surface area contributed by atoms with E-state index < -0.39 is 11.8 Å². The summed E-state index contributed by atoms with van der Waals surface area (Å²) in [5.74, 6) is 0.610. The number of rotatable bonds is 5. The van der Waals surface area contributed by atoms with Gasteiger partial charge in [0.15, 0.2) is 5.82 Å². The maximum atomic E-state index is 11.9. The van der Waals surface area contributed by atoms with Crippen LogP contribution in [0, 0.1) is 0 Å². The van der Waals surface area contributed by atoms with Crippen molar-refractivity contribution in [1.29, 1.82) is 0 Å². The van der Waals surface area contributed by atoms with Crippen molar-refractivity contribution in [2.24, 2.45) is 0 Å². The maximum Gasteiger partial charge on any atom is 0.528 e. The highest BCUT2D eigenvalue weighted by molar-refractivity contribution is 5.62. The molecular weight excluding hydrogens is 422 g/mol. The Hall–Kier alpha value is -3.30. The van der Waals surface area contributed by atoms with Crippen LogP contribution in [0.15, 0.2) is 49.1 Å². The fourth-order valence-electron chi connectivity index (χ4n) is 3.69. The molecule has 9 nitrogen and oxygen atoms in total. The number of hydroxylamine groups is 2. The molecule has 9 heteroatoms. The fourth-order valence-corrected chi connectivity index (χ4v) is 3.69. The molecule has 0 saturated carbocycles. The number of carbonyl (C=O) groups is 1. The first-order valence-electron chi connectivity index (χ1n) is 11.0. The zero-order chi connectivity index (χ0) is 23.4. The first kappa shape index (κ1) is 22.9. The third kappa shape index (κ3) is 5.94. The van der Waals surface area contributed by atoms with Gasteiger partial charge in [-0.2, -0.15) is 5.10 Å². The van der Waals surface area contributed by atoms with E-state index >= 15 is 0 Å². The number of aliphatic hydroxyl groups excluding tert-OH is 1. The number of nitrogens with zero attached hydrogens (tertiary/aromatic N) is 5. The number of hydrogen-bond donors (Lipinski definition) is 1. The molecule has 1 aliphatic rings. The van der Waals surface area contributed by atoms with Crippen molar-refractivity contribution in [3.05, 3.63) is 54.6 Å². The lowest BCUT2D eigenvalue weighted by molar-refractivity contribution is -0.154. The molecule has 0 aliphatic carbocycles. The lowest BCUT2D eigenvalue weighted by Gasteiger charge is -2.31. The average Bonchev–Trinajstić information content (AvgIpc) is 3.29. The predicted molar refractivity (Wildman–Crippen MR) is 122 cm³/mol. The predicted octanol–water partition coefficient (Wildman–Crippen LogP) is 4.00.